The van der Waals surface area contributed by atoms with Crippen molar-refractivity contribution in [2.45, 2.75) is 38.0 Å². The SMILES string of the molecule is CCONS(=O)(=O)c1ccc(C(C)CC)cc1. The van der Waals surface area contributed by atoms with E-state index in [4.69, 9.17) is 4.84 Å². The lowest BCUT2D eigenvalue weighted by molar-refractivity contribution is 0.105. The summed E-state index contributed by atoms with van der Waals surface area (Å²) in [6.45, 7) is 6.23. The molecule has 0 heterocycles. The molecule has 0 aliphatic rings. The maximum atomic E-state index is 11.7. The third-order valence-electron chi connectivity index (χ3n) is 2.68. The van der Waals surface area contributed by atoms with Crippen molar-refractivity contribution >= 4 is 10.0 Å². The monoisotopic (exact) mass is 257 g/mol. The van der Waals surface area contributed by atoms with Crippen molar-refractivity contribution in [1.82, 2.24) is 4.89 Å². The van der Waals surface area contributed by atoms with Crippen LogP contribution in [0.2, 0.25) is 0 Å². The molecule has 0 radical (unpaired) electrons. The van der Waals surface area contributed by atoms with Crippen molar-refractivity contribution in [3.05, 3.63) is 29.8 Å². The fourth-order valence-corrected chi connectivity index (χ4v) is 2.26. The third kappa shape index (κ3) is 3.80. The maximum Gasteiger partial charge on any atom is 0.262 e. The molecule has 0 spiro atoms. The molecule has 1 rings (SSSR count). The van der Waals surface area contributed by atoms with Gasteiger partial charge in [-0.05, 0) is 37.0 Å². The molecule has 0 amide bonds. The van der Waals surface area contributed by atoms with E-state index in [1.165, 1.54) is 0 Å². The molecule has 0 saturated carbocycles. The van der Waals surface area contributed by atoms with Gasteiger partial charge in [-0.15, -0.1) is 0 Å². The summed E-state index contributed by atoms with van der Waals surface area (Å²) in [6, 6.07) is 6.88. The predicted octanol–water partition coefficient (Wildman–Crippen LogP) is 2.43. The molecule has 0 aliphatic heterocycles. The average Bonchev–Trinajstić information content (AvgIpc) is 2.35. The second-order valence-electron chi connectivity index (χ2n) is 3.90. The van der Waals surface area contributed by atoms with E-state index in [1.54, 1.807) is 19.1 Å². The zero-order valence-corrected chi connectivity index (χ0v) is 11.3. The summed E-state index contributed by atoms with van der Waals surface area (Å²) < 4.78 is 23.4. The van der Waals surface area contributed by atoms with Gasteiger partial charge in [-0.3, -0.25) is 4.84 Å². The molecule has 0 aromatic heterocycles. The van der Waals surface area contributed by atoms with Crippen LogP contribution in [0, 0.1) is 0 Å². The van der Waals surface area contributed by atoms with E-state index in [0.29, 0.717) is 12.5 Å². The minimum absolute atomic E-state index is 0.220. The standard InChI is InChI=1S/C12H19NO3S/c1-4-10(3)11-6-8-12(9-7-11)17(14,15)13-16-5-2/h6-10,13H,4-5H2,1-3H3. The minimum Gasteiger partial charge on any atom is -0.287 e. The number of hydrogen-bond donors (Lipinski definition) is 1. The first-order chi connectivity index (χ1) is 8.01. The highest BCUT2D eigenvalue weighted by molar-refractivity contribution is 7.89. The molecule has 0 aliphatic carbocycles. The Labute approximate surface area is 103 Å². The Balaban J connectivity index is 2.87. The van der Waals surface area contributed by atoms with Gasteiger partial charge in [0.15, 0.2) is 0 Å². The summed E-state index contributed by atoms with van der Waals surface area (Å²) in [7, 11) is -3.54. The van der Waals surface area contributed by atoms with E-state index < -0.39 is 10.0 Å². The van der Waals surface area contributed by atoms with Crippen molar-refractivity contribution in [3.8, 4) is 0 Å². The largest absolute Gasteiger partial charge is 0.287 e. The van der Waals surface area contributed by atoms with E-state index in [1.807, 2.05) is 12.1 Å². The average molecular weight is 257 g/mol. The van der Waals surface area contributed by atoms with E-state index >= 15 is 0 Å². The molecular formula is C12H19NO3S. The van der Waals surface area contributed by atoms with Crippen molar-refractivity contribution in [2.75, 3.05) is 6.61 Å². The smallest absolute Gasteiger partial charge is 0.262 e. The minimum atomic E-state index is -3.54. The van der Waals surface area contributed by atoms with E-state index in [2.05, 4.69) is 18.7 Å². The number of benzene rings is 1. The van der Waals surface area contributed by atoms with Gasteiger partial charge in [-0.25, -0.2) is 8.42 Å². The van der Waals surface area contributed by atoms with Gasteiger partial charge < -0.3 is 0 Å². The Hall–Kier alpha value is -0.910. The van der Waals surface area contributed by atoms with Crippen molar-refractivity contribution < 1.29 is 13.3 Å². The van der Waals surface area contributed by atoms with Gasteiger partial charge in [-0.1, -0.05) is 30.9 Å². The molecule has 0 saturated heterocycles. The molecule has 4 nitrogen and oxygen atoms in total. The molecule has 0 fully saturated rings. The van der Waals surface area contributed by atoms with Gasteiger partial charge in [0, 0.05) is 0 Å². The Morgan fingerprint density at radius 1 is 1.24 bits per heavy atom. The fourth-order valence-electron chi connectivity index (χ4n) is 1.40. The first-order valence-corrected chi connectivity index (χ1v) is 7.23. The zero-order valence-electron chi connectivity index (χ0n) is 10.4. The number of hydrogen-bond acceptors (Lipinski definition) is 3. The van der Waals surface area contributed by atoms with E-state index in [0.717, 1.165) is 12.0 Å². The highest BCUT2D eigenvalue weighted by atomic mass is 32.2. The van der Waals surface area contributed by atoms with Crippen molar-refractivity contribution in [2.24, 2.45) is 0 Å². The molecule has 1 aromatic carbocycles. The normalized spacial score (nSPS) is 13.6. The lowest BCUT2D eigenvalue weighted by Crippen LogP contribution is -2.23. The van der Waals surface area contributed by atoms with Crippen LogP contribution in [-0.4, -0.2) is 15.0 Å². The lowest BCUT2D eigenvalue weighted by Gasteiger charge is -2.10. The van der Waals surface area contributed by atoms with Gasteiger partial charge in [0.2, 0.25) is 0 Å². The molecular weight excluding hydrogens is 238 g/mol. The van der Waals surface area contributed by atoms with Gasteiger partial charge >= 0.3 is 0 Å². The lowest BCUT2D eigenvalue weighted by atomic mass is 9.99. The summed E-state index contributed by atoms with van der Waals surface area (Å²) >= 11 is 0. The van der Waals surface area contributed by atoms with Gasteiger partial charge in [0.25, 0.3) is 10.0 Å². The quantitative estimate of drug-likeness (QED) is 0.796. The highest BCUT2D eigenvalue weighted by Gasteiger charge is 2.14. The number of sulfonamides is 1. The fraction of sp³-hybridized carbons (Fsp3) is 0.500. The molecule has 1 unspecified atom stereocenters. The van der Waals surface area contributed by atoms with Gasteiger partial charge in [0.1, 0.15) is 0 Å². The second kappa shape index (κ2) is 6.14. The van der Waals surface area contributed by atoms with Crippen LogP contribution >= 0.6 is 0 Å². The van der Waals surface area contributed by atoms with Crippen molar-refractivity contribution in [3.63, 3.8) is 0 Å². The number of nitrogens with one attached hydrogen (secondary N) is 1. The van der Waals surface area contributed by atoms with Gasteiger partial charge in [0.05, 0.1) is 11.5 Å². The van der Waals surface area contributed by atoms with E-state index in [-0.39, 0.29) is 4.90 Å². The molecule has 17 heavy (non-hydrogen) atoms. The Morgan fingerprint density at radius 2 is 1.82 bits per heavy atom. The summed E-state index contributed by atoms with van der Waals surface area (Å²) in [5, 5.41) is 0. The Bertz CT molecular complexity index is 439. The van der Waals surface area contributed by atoms with Crippen LogP contribution in [0.25, 0.3) is 0 Å². The summed E-state index contributed by atoms with van der Waals surface area (Å²) in [5.74, 6) is 0.437. The van der Waals surface area contributed by atoms with Crippen LogP contribution in [0.5, 0.6) is 0 Å². The van der Waals surface area contributed by atoms with Crippen molar-refractivity contribution in [1.29, 1.82) is 0 Å². The summed E-state index contributed by atoms with van der Waals surface area (Å²) in [5.41, 5.74) is 1.14. The second-order valence-corrected chi connectivity index (χ2v) is 5.54. The molecule has 5 heteroatoms. The number of rotatable bonds is 6. The summed E-state index contributed by atoms with van der Waals surface area (Å²) in [4.78, 5) is 6.99. The Morgan fingerprint density at radius 3 is 2.29 bits per heavy atom. The molecule has 1 N–H and O–H groups in total. The molecule has 1 aromatic rings. The first kappa shape index (κ1) is 14.2. The van der Waals surface area contributed by atoms with E-state index in [9.17, 15) is 8.42 Å². The zero-order chi connectivity index (χ0) is 12.9. The van der Waals surface area contributed by atoms with Crippen LogP contribution in [-0.2, 0) is 14.9 Å². The predicted molar refractivity (Wildman–Crippen MR) is 67.1 cm³/mol. The van der Waals surface area contributed by atoms with Crippen LogP contribution in [0.3, 0.4) is 0 Å². The molecule has 96 valence electrons. The Kier molecular flexibility index (Phi) is 5.11. The van der Waals surface area contributed by atoms with Crippen LogP contribution in [0.4, 0.5) is 0 Å². The highest BCUT2D eigenvalue weighted by Crippen LogP contribution is 2.20. The van der Waals surface area contributed by atoms with Crippen LogP contribution < -0.4 is 4.89 Å². The maximum absolute atomic E-state index is 11.7. The van der Waals surface area contributed by atoms with Gasteiger partial charge in [-0.2, -0.15) is 0 Å². The van der Waals surface area contributed by atoms with Crippen LogP contribution in [0.15, 0.2) is 29.2 Å². The topological polar surface area (TPSA) is 55.4 Å². The molecule has 1 atom stereocenters. The summed E-state index contributed by atoms with van der Waals surface area (Å²) in [6.07, 6.45) is 1.03. The first-order valence-electron chi connectivity index (χ1n) is 5.74. The molecule has 0 bridgehead atoms. The van der Waals surface area contributed by atoms with Crippen LogP contribution in [0.1, 0.15) is 38.7 Å². The third-order valence-corrected chi connectivity index (χ3v) is 3.91.